The first-order valence-corrected chi connectivity index (χ1v) is 10.8. The number of nitrogens with zero attached hydrogens (tertiary/aromatic N) is 1. The summed E-state index contributed by atoms with van der Waals surface area (Å²) in [5, 5.41) is 2.78. The Morgan fingerprint density at radius 2 is 2.04 bits per heavy atom. The van der Waals surface area contributed by atoms with Crippen molar-refractivity contribution in [2.45, 2.75) is 32.1 Å². The first-order valence-electron chi connectivity index (χ1n) is 9.10. The van der Waals surface area contributed by atoms with Gasteiger partial charge in [-0.15, -0.1) is 22.7 Å². The molecule has 1 aliphatic rings. The highest BCUT2D eigenvalue weighted by Crippen LogP contribution is 2.44. The van der Waals surface area contributed by atoms with Crippen molar-refractivity contribution < 1.29 is 9.21 Å². The summed E-state index contributed by atoms with van der Waals surface area (Å²) in [4.78, 5) is 20.0. The Morgan fingerprint density at radius 1 is 1.15 bits per heavy atom. The predicted molar refractivity (Wildman–Crippen MR) is 111 cm³/mol. The molecule has 2 N–H and O–H groups in total. The van der Waals surface area contributed by atoms with Crippen LogP contribution in [0, 0.1) is 0 Å². The Labute approximate surface area is 164 Å². The van der Waals surface area contributed by atoms with Crippen molar-refractivity contribution in [3.8, 4) is 11.3 Å². The van der Waals surface area contributed by atoms with Crippen LogP contribution in [-0.2, 0) is 12.8 Å². The summed E-state index contributed by atoms with van der Waals surface area (Å²) in [6.07, 6.45) is 7.11. The lowest BCUT2D eigenvalue weighted by Gasteiger charge is -2.12. The van der Waals surface area contributed by atoms with Gasteiger partial charge in [0.1, 0.15) is 15.5 Å². The average Bonchev–Trinajstić information content (AvgIpc) is 3.40. The van der Waals surface area contributed by atoms with Crippen molar-refractivity contribution in [3.05, 3.63) is 56.9 Å². The maximum Gasteiger partial charge on any atom is 0.215 e. The van der Waals surface area contributed by atoms with Crippen LogP contribution in [0.2, 0.25) is 0 Å². The van der Waals surface area contributed by atoms with Crippen molar-refractivity contribution in [3.63, 3.8) is 0 Å². The summed E-state index contributed by atoms with van der Waals surface area (Å²) in [7, 11) is 0. The Balaban J connectivity index is 1.80. The largest absolute Gasteiger partial charge is 0.464 e. The van der Waals surface area contributed by atoms with Gasteiger partial charge >= 0.3 is 0 Å². The Hall–Kier alpha value is -2.44. The third-order valence-corrected chi connectivity index (χ3v) is 7.09. The SMILES string of the molecule is Nc1c(C(=O)c2cccs2)sc2nc3c(c(-c4ccco4)c12)CCCCC3. The van der Waals surface area contributed by atoms with Crippen LogP contribution in [0.5, 0.6) is 0 Å². The molecule has 0 spiro atoms. The van der Waals surface area contributed by atoms with Gasteiger partial charge in [0.25, 0.3) is 0 Å². The number of hydrogen-bond donors (Lipinski definition) is 1. The fraction of sp³-hybridized carbons (Fsp3) is 0.238. The van der Waals surface area contributed by atoms with Crippen LogP contribution in [0.15, 0.2) is 40.3 Å². The highest BCUT2D eigenvalue weighted by molar-refractivity contribution is 7.22. The number of rotatable bonds is 3. The van der Waals surface area contributed by atoms with Gasteiger partial charge in [-0.1, -0.05) is 12.5 Å². The van der Waals surface area contributed by atoms with Crippen molar-refractivity contribution in [2.75, 3.05) is 5.73 Å². The third kappa shape index (κ3) is 2.71. The zero-order valence-corrected chi connectivity index (χ0v) is 16.3. The van der Waals surface area contributed by atoms with Crippen LogP contribution in [0.1, 0.15) is 45.1 Å². The second-order valence-corrected chi connectivity index (χ2v) is 8.73. The fourth-order valence-electron chi connectivity index (χ4n) is 3.87. The van der Waals surface area contributed by atoms with Crippen LogP contribution in [0.25, 0.3) is 21.5 Å². The molecule has 0 amide bonds. The topological polar surface area (TPSA) is 69.1 Å². The molecule has 4 aromatic heterocycles. The highest BCUT2D eigenvalue weighted by atomic mass is 32.1. The number of pyridine rings is 1. The molecule has 0 bridgehead atoms. The number of thiophene rings is 2. The molecule has 4 heterocycles. The molecule has 0 saturated carbocycles. The number of aryl methyl sites for hydroxylation is 1. The lowest BCUT2D eigenvalue weighted by atomic mass is 9.96. The number of anilines is 1. The summed E-state index contributed by atoms with van der Waals surface area (Å²) in [5.41, 5.74) is 10.5. The molecule has 0 aromatic carbocycles. The molecule has 4 nitrogen and oxygen atoms in total. The molecule has 0 fully saturated rings. The molecule has 4 aromatic rings. The molecule has 136 valence electrons. The number of hydrogen-bond acceptors (Lipinski definition) is 6. The normalized spacial score (nSPS) is 14.2. The van der Waals surface area contributed by atoms with Crippen molar-refractivity contribution in [1.82, 2.24) is 4.98 Å². The van der Waals surface area contributed by atoms with Crippen molar-refractivity contribution in [1.29, 1.82) is 0 Å². The van der Waals surface area contributed by atoms with Gasteiger partial charge in [0.15, 0.2) is 0 Å². The number of nitrogen functional groups attached to an aromatic ring is 1. The van der Waals surface area contributed by atoms with Gasteiger partial charge in [-0.2, -0.15) is 0 Å². The lowest BCUT2D eigenvalue weighted by Crippen LogP contribution is -2.02. The van der Waals surface area contributed by atoms with E-state index in [4.69, 9.17) is 15.1 Å². The first-order chi connectivity index (χ1) is 13.2. The number of fused-ring (bicyclic) bond motifs is 2. The van der Waals surface area contributed by atoms with Gasteiger partial charge in [-0.25, -0.2) is 4.98 Å². The number of nitrogens with two attached hydrogens (primary N) is 1. The highest BCUT2D eigenvalue weighted by Gasteiger charge is 2.26. The maximum absolute atomic E-state index is 13.0. The van der Waals surface area contributed by atoms with Crippen LogP contribution in [0.4, 0.5) is 5.69 Å². The summed E-state index contributed by atoms with van der Waals surface area (Å²) < 4.78 is 5.77. The van der Waals surface area contributed by atoms with Crippen LogP contribution < -0.4 is 5.73 Å². The fourth-order valence-corrected chi connectivity index (χ4v) is 5.68. The standard InChI is InChI=1S/C21H18N2O2S2/c22-18-17-16(14-8-4-10-25-14)12-6-2-1-3-7-13(12)23-21(17)27-20(18)19(24)15-9-5-11-26-15/h4-5,8-11H,1-3,6-7,22H2. The van der Waals surface area contributed by atoms with Crippen LogP contribution in [0.3, 0.4) is 0 Å². The van der Waals surface area contributed by atoms with E-state index in [2.05, 4.69) is 0 Å². The van der Waals surface area contributed by atoms with E-state index < -0.39 is 0 Å². The molecule has 1 aliphatic carbocycles. The number of ketones is 1. The van der Waals surface area contributed by atoms with Gasteiger partial charge in [0.05, 0.1) is 16.8 Å². The summed E-state index contributed by atoms with van der Waals surface area (Å²) in [6, 6.07) is 7.59. The Bertz CT molecular complexity index is 1130. The Kier molecular flexibility index (Phi) is 4.10. The number of aromatic nitrogens is 1. The summed E-state index contributed by atoms with van der Waals surface area (Å²) >= 11 is 2.84. The molecule has 6 heteroatoms. The van der Waals surface area contributed by atoms with Crippen molar-refractivity contribution in [2.24, 2.45) is 0 Å². The van der Waals surface area contributed by atoms with E-state index in [1.807, 2.05) is 29.6 Å². The maximum atomic E-state index is 13.0. The quantitative estimate of drug-likeness (QED) is 0.357. The van der Waals surface area contributed by atoms with E-state index in [1.54, 1.807) is 6.26 Å². The van der Waals surface area contributed by atoms with Gasteiger partial charge in [-0.05, 0) is 54.8 Å². The van der Waals surface area contributed by atoms with E-state index in [0.29, 0.717) is 15.4 Å². The summed E-state index contributed by atoms with van der Waals surface area (Å²) in [5.74, 6) is 0.784. The van der Waals surface area contributed by atoms with E-state index in [-0.39, 0.29) is 5.78 Å². The Morgan fingerprint density at radius 3 is 2.81 bits per heavy atom. The second kappa shape index (κ2) is 6.62. The molecule has 0 saturated heterocycles. The molecular formula is C21H18N2O2S2. The molecule has 0 unspecified atom stereocenters. The monoisotopic (exact) mass is 394 g/mol. The van der Waals surface area contributed by atoms with Crippen LogP contribution >= 0.6 is 22.7 Å². The van der Waals surface area contributed by atoms with E-state index >= 15 is 0 Å². The predicted octanol–water partition coefficient (Wildman–Crippen LogP) is 5.70. The van der Waals surface area contributed by atoms with Gasteiger partial charge < -0.3 is 10.2 Å². The minimum absolute atomic E-state index is 0.0221. The van der Waals surface area contributed by atoms with Crippen molar-refractivity contribution >= 4 is 44.4 Å². The third-order valence-electron chi connectivity index (χ3n) is 5.12. The van der Waals surface area contributed by atoms with Crippen LogP contribution in [-0.4, -0.2) is 10.8 Å². The van der Waals surface area contributed by atoms with E-state index in [9.17, 15) is 4.79 Å². The molecule has 0 radical (unpaired) electrons. The molecule has 5 rings (SSSR count). The smallest absolute Gasteiger partial charge is 0.215 e. The number of furan rings is 1. The molecular weight excluding hydrogens is 376 g/mol. The van der Waals surface area contributed by atoms with Gasteiger partial charge in [-0.3, -0.25) is 4.79 Å². The van der Waals surface area contributed by atoms with Gasteiger partial charge in [0.2, 0.25) is 5.78 Å². The first kappa shape index (κ1) is 16.7. The zero-order chi connectivity index (χ0) is 18.4. The lowest BCUT2D eigenvalue weighted by molar-refractivity contribution is 0.104. The summed E-state index contributed by atoms with van der Waals surface area (Å²) in [6.45, 7) is 0. The average molecular weight is 395 g/mol. The van der Waals surface area contributed by atoms with Gasteiger partial charge in [0, 0.05) is 16.6 Å². The van der Waals surface area contributed by atoms with E-state index in [0.717, 1.165) is 52.9 Å². The second-order valence-electron chi connectivity index (χ2n) is 6.78. The van der Waals surface area contributed by atoms with E-state index in [1.165, 1.54) is 34.7 Å². The minimum atomic E-state index is -0.0221. The number of carbonyl (C=O) groups is 1. The molecule has 0 atom stereocenters. The zero-order valence-electron chi connectivity index (χ0n) is 14.7. The molecule has 27 heavy (non-hydrogen) atoms. The minimum Gasteiger partial charge on any atom is -0.464 e. The number of carbonyl (C=O) groups excluding carboxylic acids is 1. The molecule has 0 aliphatic heterocycles.